The molecule has 6 heteroatoms. The molecule has 3 aromatic rings. The lowest BCUT2D eigenvalue weighted by Crippen LogP contribution is -2.08. The Bertz CT molecular complexity index is 1050. The molecule has 0 radical (unpaired) electrons. The van der Waals surface area contributed by atoms with Gasteiger partial charge in [-0.1, -0.05) is 17.7 Å². The van der Waals surface area contributed by atoms with Crippen molar-refractivity contribution in [1.29, 1.82) is 0 Å². The van der Waals surface area contributed by atoms with Gasteiger partial charge in [-0.2, -0.15) is 0 Å². The van der Waals surface area contributed by atoms with Crippen molar-refractivity contribution in [1.82, 2.24) is 0 Å². The molecule has 0 amide bonds. The number of ether oxygens (including phenoxy) is 1. The fourth-order valence-corrected chi connectivity index (χ4v) is 3.86. The highest BCUT2D eigenvalue weighted by Crippen LogP contribution is 2.25. The van der Waals surface area contributed by atoms with Crippen LogP contribution in [0, 0.1) is 6.92 Å². The van der Waals surface area contributed by atoms with Crippen molar-refractivity contribution in [2.45, 2.75) is 17.6 Å². The molecule has 24 heavy (non-hydrogen) atoms. The zero-order valence-corrected chi connectivity index (χ0v) is 14.1. The third-order valence-corrected chi connectivity index (χ3v) is 5.44. The molecular formula is C18H16O5S. The van der Waals surface area contributed by atoms with Gasteiger partial charge in [-0.15, -0.1) is 0 Å². The largest absolute Gasteiger partial charge is 0.497 e. The van der Waals surface area contributed by atoms with Gasteiger partial charge in [-0.3, -0.25) is 0 Å². The maximum atomic E-state index is 12.6. The molecule has 0 saturated carbocycles. The number of fused-ring (bicyclic) bond motifs is 1. The van der Waals surface area contributed by atoms with E-state index in [1.807, 2.05) is 6.92 Å². The fourth-order valence-electron chi connectivity index (χ4n) is 2.49. The highest BCUT2D eigenvalue weighted by atomic mass is 32.2. The van der Waals surface area contributed by atoms with Crippen LogP contribution in [0.25, 0.3) is 11.0 Å². The van der Waals surface area contributed by atoms with Crippen molar-refractivity contribution in [3.05, 3.63) is 70.1 Å². The molecule has 5 nitrogen and oxygen atoms in total. The van der Waals surface area contributed by atoms with Crippen LogP contribution in [0.3, 0.4) is 0 Å². The summed E-state index contributed by atoms with van der Waals surface area (Å²) in [4.78, 5) is 12.0. The summed E-state index contributed by atoms with van der Waals surface area (Å²) in [7, 11) is -2.06. The van der Waals surface area contributed by atoms with E-state index < -0.39 is 15.5 Å². The third-order valence-electron chi connectivity index (χ3n) is 3.76. The minimum absolute atomic E-state index is 0.225. The van der Waals surface area contributed by atoms with Crippen molar-refractivity contribution in [3.8, 4) is 5.75 Å². The Morgan fingerprint density at radius 3 is 2.42 bits per heavy atom. The molecule has 0 atom stereocenters. The van der Waals surface area contributed by atoms with Crippen LogP contribution in [0.2, 0.25) is 0 Å². The topological polar surface area (TPSA) is 73.6 Å². The Hall–Kier alpha value is -2.60. The van der Waals surface area contributed by atoms with E-state index in [0.717, 1.165) is 5.56 Å². The van der Waals surface area contributed by atoms with Gasteiger partial charge in [0.25, 0.3) is 0 Å². The van der Waals surface area contributed by atoms with Gasteiger partial charge in [-0.25, -0.2) is 13.2 Å². The van der Waals surface area contributed by atoms with E-state index in [-0.39, 0.29) is 10.6 Å². The van der Waals surface area contributed by atoms with Crippen LogP contribution < -0.4 is 10.4 Å². The summed E-state index contributed by atoms with van der Waals surface area (Å²) in [6, 6.07) is 12.8. The Labute approximate surface area is 139 Å². The molecule has 0 aliphatic heterocycles. The molecule has 3 rings (SSSR count). The van der Waals surface area contributed by atoms with Crippen molar-refractivity contribution >= 4 is 20.8 Å². The number of benzene rings is 2. The number of hydrogen-bond donors (Lipinski definition) is 0. The number of aryl methyl sites for hydroxylation is 1. The second kappa shape index (κ2) is 6.13. The van der Waals surface area contributed by atoms with Crippen molar-refractivity contribution < 1.29 is 17.6 Å². The van der Waals surface area contributed by atoms with Gasteiger partial charge in [-0.05, 0) is 36.8 Å². The first-order chi connectivity index (χ1) is 11.4. The van der Waals surface area contributed by atoms with E-state index in [0.29, 0.717) is 22.3 Å². The molecule has 1 heterocycles. The van der Waals surface area contributed by atoms with E-state index >= 15 is 0 Å². The lowest BCUT2D eigenvalue weighted by atomic mass is 10.1. The van der Waals surface area contributed by atoms with Gasteiger partial charge < -0.3 is 9.15 Å². The maximum absolute atomic E-state index is 12.6. The van der Waals surface area contributed by atoms with Gasteiger partial charge in [0.05, 0.1) is 17.8 Å². The third kappa shape index (κ3) is 3.19. The van der Waals surface area contributed by atoms with Crippen LogP contribution in [-0.2, 0) is 15.6 Å². The van der Waals surface area contributed by atoms with Crippen LogP contribution in [0.1, 0.15) is 11.1 Å². The summed E-state index contributed by atoms with van der Waals surface area (Å²) in [5.74, 6) is 0.258. The van der Waals surface area contributed by atoms with E-state index in [1.54, 1.807) is 42.5 Å². The quantitative estimate of drug-likeness (QED) is 0.680. The minimum atomic E-state index is -3.57. The van der Waals surface area contributed by atoms with Crippen LogP contribution in [0.15, 0.2) is 62.6 Å². The normalized spacial score (nSPS) is 11.6. The van der Waals surface area contributed by atoms with E-state index in [4.69, 9.17) is 9.15 Å². The van der Waals surface area contributed by atoms with Crippen LogP contribution in [-0.4, -0.2) is 15.5 Å². The SMILES string of the molecule is COc1ccc2c(CS(=O)(=O)c3ccc(C)cc3)cc(=O)oc2c1. The predicted molar refractivity (Wildman–Crippen MR) is 91.1 cm³/mol. The average Bonchev–Trinajstić information content (AvgIpc) is 2.54. The highest BCUT2D eigenvalue weighted by molar-refractivity contribution is 7.90. The van der Waals surface area contributed by atoms with Gasteiger partial charge in [0.2, 0.25) is 0 Å². The molecule has 0 spiro atoms. The number of sulfone groups is 1. The van der Waals surface area contributed by atoms with E-state index in [1.165, 1.54) is 13.2 Å². The summed E-state index contributed by atoms with van der Waals surface area (Å²) >= 11 is 0. The monoisotopic (exact) mass is 344 g/mol. The molecule has 0 aliphatic rings. The van der Waals surface area contributed by atoms with Crippen molar-refractivity contribution in [3.63, 3.8) is 0 Å². The molecule has 0 bridgehead atoms. The van der Waals surface area contributed by atoms with Crippen molar-refractivity contribution in [2.24, 2.45) is 0 Å². The van der Waals surface area contributed by atoms with E-state index in [2.05, 4.69) is 0 Å². The second-order valence-electron chi connectivity index (χ2n) is 5.52. The molecule has 124 valence electrons. The second-order valence-corrected chi connectivity index (χ2v) is 7.51. The Kier molecular flexibility index (Phi) is 4.15. The Balaban J connectivity index is 2.09. The summed E-state index contributed by atoms with van der Waals surface area (Å²) in [6.07, 6.45) is 0. The van der Waals surface area contributed by atoms with Gasteiger partial charge >= 0.3 is 5.63 Å². The lowest BCUT2D eigenvalue weighted by molar-refractivity contribution is 0.414. The van der Waals surface area contributed by atoms with Gasteiger partial charge in [0.1, 0.15) is 11.3 Å². The first-order valence-corrected chi connectivity index (χ1v) is 8.94. The maximum Gasteiger partial charge on any atom is 0.336 e. The predicted octanol–water partition coefficient (Wildman–Crippen LogP) is 3.08. The summed E-state index contributed by atoms with van der Waals surface area (Å²) in [6.45, 7) is 1.89. The Morgan fingerprint density at radius 1 is 1.04 bits per heavy atom. The zero-order valence-electron chi connectivity index (χ0n) is 13.3. The minimum Gasteiger partial charge on any atom is -0.497 e. The average molecular weight is 344 g/mol. The molecule has 0 aliphatic carbocycles. The van der Waals surface area contributed by atoms with Crippen molar-refractivity contribution in [2.75, 3.05) is 7.11 Å². The molecule has 1 aromatic heterocycles. The number of hydrogen-bond acceptors (Lipinski definition) is 5. The summed E-state index contributed by atoms with van der Waals surface area (Å²) < 4.78 is 35.5. The first kappa shape index (κ1) is 16.3. The first-order valence-electron chi connectivity index (χ1n) is 7.29. The molecule has 0 unspecified atom stereocenters. The van der Waals surface area contributed by atoms with Crippen LogP contribution in [0.5, 0.6) is 5.75 Å². The number of rotatable bonds is 4. The summed E-state index contributed by atoms with van der Waals surface area (Å²) in [5, 5.41) is 0.575. The van der Waals surface area contributed by atoms with Crippen LogP contribution >= 0.6 is 0 Å². The van der Waals surface area contributed by atoms with Crippen LogP contribution in [0.4, 0.5) is 0 Å². The summed E-state index contributed by atoms with van der Waals surface area (Å²) in [5.41, 5.74) is 1.09. The number of methoxy groups -OCH3 is 1. The highest BCUT2D eigenvalue weighted by Gasteiger charge is 2.18. The zero-order chi connectivity index (χ0) is 17.3. The lowest BCUT2D eigenvalue weighted by Gasteiger charge is -2.08. The van der Waals surface area contributed by atoms with Gasteiger partial charge in [0, 0.05) is 17.5 Å². The standard InChI is InChI=1S/C18H16O5S/c1-12-3-6-15(7-4-12)24(20,21)11-13-9-18(19)23-17-10-14(22-2)5-8-16(13)17/h3-10H,11H2,1-2H3. The molecule has 0 N–H and O–H groups in total. The molecule has 2 aromatic carbocycles. The Morgan fingerprint density at radius 2 is 1.75 bits per heavy atom. The fraction of sp³-hybridized carbons (Fsp3) is 0.167. The smallest absolute Gasteiger partial charge is 0.336 e. The van der Waals surface area contributed by atoms with Gasteiger partial charge in [0.15, 0.2) is 9.84 Å². The van der Waals surface area contributed by atoms with E-state index in [9.17, 15) is 13.2 Å². The molecule has 0 saturated heterocycles. The molecular weight excluding hydrogens is 328 g/mol. The molecule has 0 fully saturated rings.